The molecular formula is C8H10F5O. The fraction of sp³-hybridized carbons (Fsp3) is 0.625. The zero-order valence-electron chi connectivity index (χ0n) is 7.50. The minimum atomic E-state index is -5.56. The zero-order valence-corrected chi connectivity index (χ0v) is 7.50. The summed E-state index contributed by atoms with van der Waals surface area (Å²) >= 11 is 0. The van der Waals surface area contributed by atoms with E-state index in [-0.39, 0.29) is 13.2 Å². The van der Waals surface area contributed by atoms with E-state index in [1.165, 1.54) is 0 Å². The second kappa shape index (κ2) is 4.72. The number of ether oxygens (including phenoxy) is 1. The summed E-state index contributed by atoms with van der Waals surface area (Å²) in [6.45, 7) is 3.65. The second-order valence-corrected chi connectivity index (χ2v) is 2.53. The largest absolute Gasteiger partial charge is 0.457 e. The molecule has 0 aliphatic carbocycles. The highest BCUT2D eigenvalue weighted by molar-refractivity contribution is 5.12. The Morgan fingerprint density at radius 3 is 2.14 bits per heavy atom. The molecule has 0 heterocycles. The second-order valence-electron chi connectivity index (χ2n) is 2.53. The minimum absolute atomic E-state index is 0.0152. The van der Waals surface area contributed by atoms with Gasteiger partial charge < -0.3 is 4.74 Å². The van der Waals surface area contributed by atoms with Crippen molar-refractivity contribution in [2.75, 3.05) is 13.2 Å². The summed E-state index contributed by atoms with van der Waals surface area (Å²) in [5.74, 6) is -4.79. The SMILES string of the molecule is [CH2]COCC=C(C)C(F)(F)C(F)(F)F. The number of allylic oxidation sites excluding steroid dienone is 1. The van der Waals surface area contributed by atoms with Crippen LogP contribution in [-0.4, -0.2) is 25.3 Å². The van der Waals surface area contributed by atoms with Gasteiger partial charge in [0.15, 0.2) is 0 Å². The molecule has 14 heavy (non-hydrogen) atoms. The number of hydrogen-bond donors (Lipinski definition) is 0. The van der Waals surface area contributed by atoms with Gasteiger partial charge in [-0.25, -0.2) is 0 Å². The molecule has 6 heteroatoms. The molecule has 0 bridgehead atoms. The Hall–Kier alpha value is -0.650. The molecule has 0 N–H and O–H groups in total. The van der Waals surface area contributed by atoms with E-state index in [0.717, 1.165) is 0 Å². The molecule has 1 radical (unpaired) electrons. The Kier molecular flexibility index (Phi) is 4.51. The van der Waals surface area contributed by atoms with E-state index in [0.29, 0.717) is 13.0 Å². The normalized spacial score (nSPS) is 14.6. The Bertz CT molecular complexity index is 206. The Balaban J connectivity index is 4.50. The van der Waals surface area contributed by atoms with Crippen molar-refractivity contribution < 1.29 is 26.7 Å². The van der Waals surface area contributed by atoms with E-state index in [1.807, 2.05) is 0 Å². The molecule has 0 aromatic carbocycles. The highest BCUT2D eigenvalue weighted by Gasteiger charge is 2.58. The van der Waals surface area contributed by atoms with Crippen LogP contribution in [0.4, 0.5) is 22.0 Å². The molecule has 0 rings (SSSR count). The van der Waals surface area contributed by atoms with Crippen molar-refractivity contribution in [2.45, 2.75) is 19.0 Å². The highest BCUT2D eigenvalue weighted by atomic mass is 19.4. The number of hydrogen-bond acceptors (Lipinski definition) is 1. The Morgan fingerprint density at radius 1 is 1.29 bits per heavy atom. The van der Waals surface area contributed by atoms with Gasteiger partial charge in [-0.2, -0.15) is 22.0 Å². The molecule has 0 fully saturated rings. The van der Waals surface area contributed by atoms with Crippen molar-refractivity contribution in [1.82, 2.24) is 0 Å². The molecule has 0 aliphatic heterocycles. The van der Waals surface area contributed by atoms with Gasteiger partial charge in [0.2, 0.25) is 0 Å². The van der Waals surface area contributed by atoms with Gasteiger partial charge in [-0.1, -0.05) is 6.08 Å². The molecule has 0 atom stereocenters. The van der Waals surface area contributed by atoms with Crippen molar-refractivity contribution in [3.63, 3.8) is 0 Å². The lowest BCUT2D eigenvalue weighted by Gasteiger charge is -2.20. The van der Waals surface area contributed by atoms with E-state index in [2.05, 4.69) is 11.7 Å². The first-order valence-corrected chi connectivity index (χ1v) is 3.72. The molecular weight excluding hydrogens is 207 g/mol. The van der Waals surface area contributed by atoms with Crippen LogP contribution < -0.4 is 0 Å². The van der Waals surface area contributed by atoms with Crippen LogP contribution in [0.25, 0.3) is 0 Å². The molecule has 0 unspecified atom stereocenters. The molecule has 0 aliphatic rings. The van der Waals surface area contributed by atoms with Gasteiger partial charge >= 0.3 is 12.1 Å². The van der Waals surface area contributed by atoms with Crippen LogP contribution in [0.2, 0.25) is 0 Å². The Labute approximate surface area is 78.5 Å². The van der Waals surface area contributed by atoms with E-state index in [1.54, 1.807) is 0 Å². The number of rotatable bonds is 4. The van der Waals surface area contributed by atoms with Crippen molar-refractivity contribution in [1.29, 1.82) is 0 Å². The summed E-state index contributed by atoms with van der Waals surface area (Å²) in [7, 11) is 0. The standard InChI is InChI=1S/C8H10F5O/c1-3-14-5-4-6(2)7(9,10)8(11,12)13/h4H,1,3,5H2,2H3. The third-order valence-electron chi connectivity index (χ3n) is 1.50. The average molecular weight is 217 g/mol. The van der Waals surface area contributed by atoms with Crippen molar-refractivity contribution in [3.05, 3.63) is 18.6 Å². The minimum Gasteiger partial charge on any atom is -0.377 e. The summed E-state index contributed by atoms with van der Waals surface area (Å²) < 4.78 is 64.7. The van der Waals surface area contributed by atoms with Gasteiger partial charge in [0.05, 0.1) is 6.61 Å². The van der Waals surface area contributed by atoms with Gasteiger partial charge in [-0.3, -0.25) is 0 Å². The molecule has 0 amide bonds. The first kappa shape index (κ1) is 13.4. The smallest absolute Gasteiger partial charge is 0.377 e. The average Bonchev–Trinajstić information content (AvgIpc) is 2.02. The monoisotopic (exact) mass is 217 g/mol. The molecule has 83 valence electrons. The summed E-state index contributed by atoms with van der Waals surface area (Å²) in [6, 6.07) is 0. The lowest BCUT2D eigenvalue weighted by molar-refractivity contribution is -0.264. The third kappa shape index (κ3) is 3.25. The molecule has 0 aromatic rings. The van der Waals surface area contributed by atoms with Crippen LogP contribution in [0, 0.1) is 6.92 Å². The van der Waals surface area contributed by atoms with Gasteiger partial charge in [-0.15, -0.1) is 0 Å². The molecule has 0 spiro atoms. The maximum atomic E-state index is 12.5. The lowest BCUT2D eigenvalue weighted by atomic mass is 10.1. The van der Waals surface area contributed by atoms with E-state index in [4.69, 9.17) is 0 Å². The summed E-state index contributed by atoms with van der Waals surface area (Å²) in [5, 5.41) is 0. The lowest BCUT2D eigenvalue weighted by Crippen LogP contribution is -2.37. The molecule has 1 nitrogen and oxygen atoms in total. The van der Waals surface area contributed by atoms with Crippen LogP contribution in [0.15, 0.2) is 11.6 Å². The Morgan fingerprint density at radius 2 is 1.79 bits per heavy atom. The maximum absolute atomic E-state index is 12.5. The van der Waals surface area contributed by atoms with Crippen LogP contribution in [0.5, 0.6) is 0 Å². The zero-order chi connectivity index (χ0) is 11.4. The fourth-order valence-corrected chi connectivity index (χ4v) is 0.619. The predicted octanol–water partition coefficient (Wildman–Crippen LogP) is 2.98. The van der Waals surface area contributed by atoms with Crippen LogP contribution in [0.3, 0.4) is 0 Å². The van der Waals surface area contributed by atoms with E-state index < -0.39 is 17.7 Å². The number of halogens is 5. The highest BCUT2D eigenvalue weighted by Crippen LogP contribution is 2.40. The van der Waals surface area contributed by atoms with Crippen LogP contribution in [-0.2, 0) is 4.74 Å². The quantitative estimate of drug-likeness (QED) is 0.399. The van der Waals surface area contributed by atoms with Crippen molar-refractivity contribution >= 4 is 0 Å². The van der Waals surface area contributed by atoms with Crippen LogP contribution in [0.1, 0.15) is 6.92 Å². The van der Waals surface area contributed by atoms with Gasteiger partial charge in [0, 0.05) is 12.2 Å². The van der Waals surface area contributed by atoms with Gasteiger partial charge in [0.25, 0.3) is 0 Å². The van der Waals surface area contributed by atoms with Crippen molar-refractivity contribution in [2.24, 2.45) is 0 Å². The van der Waals surface area contributed by atoms with Crippen molar-refractivity contribution in [3.8, 4) is 0 Å². The summed E-state index contributed by atoms with van der Waals surface area (Å²) in [4.78, 5) is 0. The summed E-state index contributed by atoms with van der Waals surface area (Å²) in [6.07, 6.45) is -4.86. The first-order chi connectivity index (χ1) is 6.23. The van der Waals surface area contributed by atoms with Crippen LogP contribution >= 0.6 is 0 Å². The third-order valence-corrected chi connectivity index (χ3v) is 1.50. The number of alkyl halides is 5. The fourth-order valence-electron chi connectivity index (χ4n) is 0.619. The summed E-state index contributed by atoms with van der Waals surface area (Å²) in [5.41, 5.74) is -1.07. The predicted molar refractivity (Wildman–Crippen MR) is 40.9 cm³/mol. The molecule has 0 saturated heterocycles. The maximum Gasteiger partial charge on any atom is 0.457 e. The van der Waals surface area contributed by atoms with Gasteiger partial charge in [0.1, 0.15) is 0 Å². The van der Waals surface area contributed by atoms with E-state index in [9.17, 15) is 22.0 Å². The molecule has 0 saturated carbocycles. The first-order valence-electron chi connectivity index (χ1n) is 3.72. The van der Waals surface area contributed by atoms with Gasteiger partial charge in [-0.05, 0) is 13.8 Å². The topological polar surface area (TPSA) is 9.23 Å². The molecule has 0 aromatic heterocycles. The van der Waals surface area contributed by atoms with E-state index >= 15 is 0 Å².